The van der Waals surface area contributed by atoms with Crippen molar-refractivity contribution >= 4 is 31.9 Å². The topological polar surface area (TPSA) is 98.5 Å². The molecule has 1 aromatic rings. The summed E-state index contributed by atoms with van der Waals surface area (Å²) in [6, 6.07) is 5.70. The molecule has 20 heavy (non-hydrogen) atoms. The van der Waals surface area contributed by atoms with Crippen LogP contribution in [-0.2, 0) is 10.0 Å². The zero-order valence-corrected chi connectivity index (χ0v) is 13.1. The summed E-state index contributed by atoms with van der Waals surface area (Å²) in [5, 5.41) is 17.5. The monoisotopic (exact) mass is 360 g/mol. The molecule has 0 aliphatic rings. The van der Waals surface area contributed by atoms with E-state index in [-0.39, 0.29) is 34.4 Å². The van der Waals surface area contributed by atoms with Gasteiger partial charge in [-0.05, 0) is 34.1 Å². The molecule has 0 spiro atoms. The number of nitrogens with zero attached hydrogens (tertiary/aromatic N) is 2. The lowest BCUT2D eigenvalue weighted by Crippen LogP contribution is -2.32. The SMILES string of the molecule is CCN(CCC#N)S(=O)(=O)c1cc(C(=O)O)ccc1Br. The van der Waals surface area contributed by atoms with Crippen molar-refractivity contribution in [2.24, 2.45) is 0 Å². The van der Waals surface area contributed by atoms with E-state index in [0.717, 1.165) is 10.4 Å². The number of aromatic carboxylic acids is 1. The highest BCUT2D eigenvalue weighted by atomic mass is 79.9. The van der Waals surface area contributed by atoms with Gasteiger partial charge in [-0.1, -0.05) is 6.92 Å². The normalized spacial score (nSPS) is 11.3. The van der Waals surface area contributed by atoms with Crippen molar-refractivity contribution in [2.75, 3.05) is 13.1 Å². The fourth-order valence-electron chi connectivity index (χ4n) is 1.60. The van der Waals surface area contributed by atoms with E-state index in [9.17, 15) is 13.2 Å². The summed E-state index contributed by atoms with van der Waals surface area (Å²) in [5.41, 5.74) is -0.108. The summed E-state index contributed by atoms with van der Waals surface area (Å²) >= 11 is 3.12. The highest BCUT2D eigenvalue weighted by molar-refractivity contribution is 9.10. The third-order valence-electron chi connectivity index (χ3n) is 2.62. The number of carboxylic acid groups (broad SMARTS) is 1. The smallest absolute Gasteiger partial charge is 0.335 e. The minimum absolute atomic E-state index is 0.0685. The van der Waals surface area contributed by atoms with Crippen molar-refractivity contribution in [3.8, 4) is 6.07 Å². The van der Waals surface area contributed by atoms with Gasteiger partial charge in [0.1, 0.15) is 0 Å². The maximum atomic E-state index is 12.5. The van der Waals surface area contributed by atoms with Crippen molar-refractivity contribution in [1.82, 2.24) is 4.31 Å². The quantitative estimate of drug-likeness (QED) is 0.836. The van der Waals surface area contributed by atoms with Gasteiger partial charge in [-0.2, -0.15) is 9.57 Å². The van der Waals surface area contributed by atoms with Gasteiger partial charge in [-0.3, -0.25) is 0 Å². The number of halogens is 1. The molecule has 0 aromatic heterocycles. The number of hydrogen-bond acceptors (Lipinski definition) is 4. The van der Waals surface area contributed by atoms with E-state index in [4.69, 9.17) is 10.4 Å². The second-order valence-corrected chi connectivity index (χ2v) is 6.62. The number of sulfonamides is 1. The Morgan fingerprint density at radius 1 is 1.50 bits per heavy atom. The second kappa shape index (κ2) is 6.83. The Hall–Kier alpha value is -1.43. The van der Waals surface area contributed by atoms with E-state index in [1.165, 1.54) is 12.1 Å². The highest BCUT2D eigenvalue weighted by Gasteiger charge is 2.26. The van der Waals surface area contributed by atoms with Crippen LogP contribution in [-0.4, -0.2) is 36.9 Å². The predicted molar refractivity (Wildman–Crippen MR) is 75.8 cm³/mol. The van der Waals surface area contributed by atoms with E-state index in [1.807, 2.05) is 6.07 Å². The van der Waals surface area contributed by atoms with E-state index < -0.39 is 16.0 Å². The summed E-state index contributed by atoms with van der Waals surface area (Å²) in [7, 11) is -3.84. The third-order valence-corrected chi connectivity index (χ3v) is 5.59. The lowest BCUT2D eigenvalue weighted by Gasteiger charge is -2.20. The maximum Gasteiger partial charge on any atom is 0.335 e. The first kappa shape index (κ1) is 16.6. The highest BCUT2D eigenvalue weighted by Crippen LogP contribution is 2.26. The molecule has 108 valence electrons. The Morgan fingerprint density at radius 3 is 2.65 bits per heavy atom. The van der Waals surface area contributed by atoms with E-state index >= 15 is 0 Å². The van der Waals surface area contributed by atoms with Crippen LogP contribution in [0.2, 0.25) is 0 Å². The predicted octanol–water partition coefficient (Wildman–Crippen LogP) is 2.07. The van der Waals surface area contributed by atoms with Crippen LogP contribution < -0.4 is 0 Å². The van der Waals surface area contributed by atoms with E-state index in [2.05, 4.69) is 15.9 Å². The number of carbonyl (C=O) groups is 1. The molecule has 8 heteroatoms. The molecule has 0 saturated heterocycles. The molecule has 6 nitrogen and oxygen atoms in total. The van der Waals surface area contributed by atoms with Gasteiger partial charge in [0, 0.05) is 24.0 Å². The van der Waals surface area contributed by atoms with Gasteiger partial charge in [0.05, 0.1) is 16.5 Å². The fourth-order valence-corrected chi connectivity index (χ4v) is 4.00. The summed E-state index contributed by atoms with van der Waals surface area (Å²) in [5.74, 6) is -1.20. The van der Waals surface area contributed by atoms with Crippen molar-refractivity contribution < 1.29 is 18.3 Å². The van der Waals surface area contributed by atoms with Crippen LogP contribution >= 0.6 is 15.9 Å². The number of carboxylic acids is 1. The zero-order valence-electron chi connectivity index (χ0n) is 10.7. The van der Waals surface area contributed by atoms with Crippen LogP contribution in [0.5, 0.6) is 0 Å². The zero-order chi connectivity index (χ0) is 15.3. The molecule has 1 aromatic carbocycles. The average molecular weight is 361 g/mol. The van der Waals surface area contributed by atoms with Crippen LogP contribution in [0.3, 0.4) is 0 Å². The molecule has 1 N–H and O–H groups in total. The largest absolute Gasteiger partial charge is 0.478 e. The van der Waals surface area contributed by atoms with Crippen molar-refractivity contribution in [2.45, 2.75) is 18.2 Å². The van der Waals surface area contributed by atoms with E-state index in [0.29, 0.717) is 0 Å². The number of rotatable bonds is 6. The molecule has 0 saturated carbocycles. The molecule has 0 atom stereocenters. The van der Waals surface area contributed by atoms with Gasteiger partial charge in [0.2, 0.25) is 10.0 Å². The summed E-state index contributed by atoms with van der Waals surface area (Å²) in [6.07, 6.45) is 0.0727. The van der Waals surface area contributed by atoms with Crippen molar-refractivity contribution in [1.29, 1.82) is 5.26 Å². The number of benzene rings is 1. The van der Waals surface area contributed by atoms with Crippen LogP contribution in [0.4, 0.5) is 0 Å². The Kier molecular flexibility index (Phi) is 5.68. The third kappa shape index (κ3) is 3.56. The first-order valence-electron chi connectivity index (χ1n) is 5.74. The Balaban J connectivity index is 3.30. The minimum Gasteiger partial charge on any atom is -0.478 e. The molecular weight excluding hydrogens is 348 g/mol. The van der Waals surface area contributed by atoms with Gasteiger partial charge >= 0.3 is 5.97 Å². The number of nitriles is 1. The van der Waals surface area contributed by atoms with Gasteiger partial charge < -0.3 is 5.11 Å². The fraction of sp³-hybridized carbons (Fsp3) is 0.333. The molecule has 0 radical (unpaired) electrons. The summed E-state index contributed by atoms with van der Waals surface area (Å²) in [4.78, 5) is 10.8. The van der Waals surface area contributed by atoms with E-state index in [1.54, 1.807) is 6.92 Å². The van der Waals surface area contributed by atoms with Crippen LogP contribution in [0.25, 0.3) is 0 Å². The maximum absolute atomic E-state index is 12.5. The molecule has 0 amide bonds. The van der Waals surface area contributed by atoms with Gasteiger partial charge in [-0.15, -0.1) is 0 Å². The van der Waals surface area contributed by atoms with Gasteiger partial charge in [0.25, 0.3) is 0 Å². The lowest BCUT2D eigenvalue weighted by atomic mass is 10.2. The van der Waals surface area contributed by atoms with Crippen LogP contribution in [0.15, 0.2) is 27.6 Å². The standard InChI is InChI=1S/C12H13BrN2O4S/c1-2-15(7-3-6-14)20(18,19)11-8-9(12(16)17)4-5-10(11)13/h4-5,8H,2-3,7H2,1H3,(H,16,17). The molecule has 0 heterocycles. The molecule has 1 rings (SSSR count). The Morgan fingerprint density at radius 2 is 2.15 bits per heavy atom. The van der Waals surface area contributed by atoms with Gasteiger partial charge in [-0.25, -0.2) is 13.2 Å². The molecule has 0 aliphatic carbocycles. The lowest BCUT2D eigenvalue weighted by molar-refractivity contribution is 0.0696. The molecule has 0 fully saturated rings. The van der Waals surface area contributed by atoms with Crippen LogP contribution in [0.1, 0.15) is 23.7 Å². The second-order valence-electron chi connectivity index (χ2n) is 3.86. The van der Waals surface area contributed by atoms with Crippen molar-refractivity contribution in [3.05, 3.63) is 28.2 Å². The minimum atomic E-state index is -3.84. The first-order chi connectivity index (χ1) is 9.34. The summed E-state index contributed by atoms with van der Waals surface area (Å²) < 4.78 is 26.3. The molecule has 0 aliphatic heterocycles. The Labute approximate surface area is 125 Å². The molecular formula is C12H13BrN2O4S. The van der Waals surface area contributed by atoms with Crippen LogP contribution in [0, 0.1) is 11.3 Å². The Bertz CT molecular complexity index is 652. The van der Waals surface area contributed by atoms with Gasteiger partial charge in [0.15, 0.2) is 0 Å². The molecule has 0 unspecified atom stereocenters. The molecule has 0 bridgehead atoms. The number of hydrogen-bond donors (Lipinski definition) is 1. The summed E-state index contributed by atoms with van der Waals surface area (Å²) in [6.45, 7) is 1.93. The average Bonchev–Trinajstić information content (AvgIpc) is 2.39. The first-order valence-corrected chi connectivity index (χ1v) is 7.97. The van der Waals surface area contributed by atoms with Crippen molar-refractivity contribution in [3.63, 3.8) is 0 Å².